The highest BCUT2D eigenvalue weighted by molar-refractivity contribution is 4.83. The van der Waals surface area contributed by atoms with Gasteiger partial charge in [-0.25, -0.2) is 0 Å². The van der Waals surface area contributed by atoms with E-state index in [1.807, 2.05) is 0 Å². The summed E-state index contributed by atoms with van der Waals surface area (Å²) in [6.07, 6.45) is 8.06. The molecule has 0 spiro atoms. The largest absolute Gasteiger partial charge is 0.330 e. The molecule has 1 fully saturated rings. The minimum Gasteiger partial charge on any atom is -0.330 e. The second-order valence-electron chi connectivity index (χ2n) is 6.71. The molecular weight excluding hydrogens is 208 g/mol. The van der Waals surface area contributed by atoms with Crippen LogP contribution in [0.4, 0.5) is 0 Å². The average molecular weight is 240 g/mol. The van der Waals surface area contributed by atoms with Gasteiger partial charge in [0.1, 0.15) is 0 Å². The van der Waals surface area contributed by atoms with Crippen LogP contribution in [0.25, 0.3) is 0 Å². The molecule has 1 heterocycles. The van der Waals surface area contributed by atoms with Gasteiger partial charge in [-0.3, -0.25) is 0 Å². The van der Waals surface area contributed by atoms with E-state index in [1.54, 1.807) is 0 Å². The Balaban J connectivity index is 2.02. The van der Waals surface area contributed by atoms with Crippen molar-refractivity contribution in [2.45, 2.75) is 59.3 Å². The predicted molar refractivity (Wildman–Crippen MR) is 76.1 cm³/mol. The summed E-state index contributed by atoms with van der Waals surface area (Å²) in [5, 5.41) is 0. The average Bonchev–Trinajstić information content (AvgIpc) is 2.71. The lowest BCUT2D eigenvalue weighted by Crippen LogP contribution is -2.26. The summed E-state index contributed by atoms with van der Waals surface area (Å²) in [4.78, 5) is 2.67. The molecule has 1 aliphatic rings. The smallest absolute Gasteiger partial charge is 0.00151 e. The number of nitrogens with zero attached hydrogens (tertiary/aromatic N) is 1. The number of likely N-dealkylation sites (tertiary alicyclic amines) is 1. The number of nitrogens with two attached hydrogens (primary N) is 1. The first-order chi connectivity index (χ1) is 8.04. The van der Waals surface area contributed by atoms with Crippen molar-refractivity contribution in [3.63, 3.8) is 0 Å². The van der Waals surface area contributed by atoms with Crippen molar-refractivity contribution in [3.8, 4) is 0 Å². The van der Waals surface area contributed by atoms with Gasteiger partial charge >= 0.3 is 0 Å². The summed E-state index contributed by atoms with van der Waals surface area (Å²) in [6.45, 7) is 12.0. The SMILES string of the molecule is CC(C)(C)C1CCN(CCCCCCCN)C1. The topological polar surface area (TPSA) is 29.3 Å². The molecule has 0 aromatic heterocycles. The van der Waals surface area contributed by atoms with Crippen LogP contribution in [-0.4, -0.2) is 31.1 Å². The molecule has 0 bridgehead atoms. The fraction of sp³-hybridized carbons (Fsp3) is 1.00. The van der Waals surface area contributed by atoms with Gasteiger partial charge in [-0.1, -0.05) is 40.0 Å². The van der Waals surface area contributed by atoms with Crippen molar-refractivity contribution in [2.75, 3.05) is 26.2 Å². The second-order valence-corrected chi connectivity index (χ2v) is 6.71. The van der Waals surface area contributed by atoms with E-state index >= 15 is 0 Å². The van der Waals surface area contributed by atoms with Crippen LogP contribution >= 0.6 is 0 Å². The molecular formula is C15H32N2. The Morgan fingerprint density at radius 3 is 2.29 bits per heavy atom. The fourth-order valence-corrected chi connectivity index (χ4v) is 2.75. The van der Waals surface area contributed by atoms with Crippen LogP contribution in [0.3, 0.4) is 0 Å². The zero-order chi connectivity index (χ0) is 12.7. The van der Waals surface area contributed by atoms with E-state index in [0.717, 1.165) is 12.5 Å². The van der Waals surface area contributed by atoms with Crippen LogP contribution in [0, 0.1) is 11.3 Å². The minimum absolute atomic E-state index is 0.496. The maximum atomic E-state index is 5.49. The molecule has 0 saturated carbocycles. The molecule has 2 nitrogen and oxygen atoms in total. The van der Waals surface area contributed by atoms with Crippen molar-refractivity contribution in [1.82, 2.24) is 4.90 Å². The molecule has 102 valence electrons. The zero-order valence-electron chi connectivity index (χ0n) is 12.2. The Kier molecular flexibility index (Phi) is 6.50. The van der Waals surface area contributed by atoms with E-state index in [4.69, 9.17) is 5.73 Å². The van der Waals surface area contributed by atoms with E-state index in [2.05, 4.69) is 25.7 Å². The Bertz CT molecular complexity index is 196. The highest BCUT2D eigenvalue weighted by Crippen LogP contribution is 2.33. The van der Waals surface area contributed by atoms with Gasteiger partial charge in [-0.15, -0.1) is 0 Å². The van der Waals surface area contributed by atoms with E-state index in [0.29, 0.717) is 5.41 Å². The summed E-state index contributed by atoms with van der Waals surface area (Å²) in [7, 11) is 0. The van der Waals surface area contributed by atoms with Gasteiger partial charge in [-0.05, 0) is 50.2 Å². The Hall–Kier alpha value is -0.0800. The minimum atomic E-state index is 0.496. The van der Waals surface area contributed by atoms with E-state index in [1.165, 1.54) is 58.2 Å². The third-order valence-corrected chi connectivity index (χ3v) is 4.18. The molecule has 0 amide bonds. The van der Waals surface area contributed by atoms with Crippen LogP contribution in [0.2, 0.25) is 0 Å². The monoisotopic (exact) mass is 240 g/mol. The molecule has 0 aromatic carbocycles. The molecule has 0 radical (unpaired) electrons. The summed E-state index contributed by atoms with van der Waals surface area (Å²) in [5.41, 5.74) is 5.99. The Labute approximate surface area is 108 Å². The highest BCUT2D eigenvalue weighted by Gasteiger charge is 2.31. The van der Waals surface area contributed by atoms with Crippen molar-refractivity contribution < 1.29 is 0 Å². The van der Waals surface area contributed by atoms with Gasteiger partial charge in [0.05, 0.1) is 0 Å². The quantitative estimate of drug-likeness (QED) is 0.692. The Morgan fingerprint density at radius 2 is 1.71 bits per heavy atom. The number of unbranched alkanes of at least 4 members (excludes halogenated alkanes) is 4. The lowest BCUT2D eigenvalue weighted by molar-refractivity contribution is 0.227. The molecule has 0 aromatic rings. The van der Waals surface area contributed by atoms with Crippen molar-refractivity contribution in [1.29, 1.82) is 0 Å². The first-order valence-corrected chi connectivity index (χ1v) is 7.46. The number of rotatable bonds is 7. The third-order valence-electron chi connectivity index (χ3n) is 4.18. The van der Waals surface area contributed by atoms with Crippen molar-refractivity contribution in [3.05, 3.63) is 0 Å². The first kappa shape index (κ1) is 15.0. The van der Waals surface area contributed by atoms with Gasteiger partial charge in [0.15, 0.2) is 0 Å². The van der Waals surface area contributed by atoms with Gasteiger partial charge < -0.3 is 10.6 Å². The first-order valence-electron chi connectivity index (χ1n) is 7.46. The maximum Gasteiger partial charge on any atom is 0.00151 e. The molecule has 1 atom stereocenters. The lowest BCUT2D eigenvalue weighted by atomic mass is 9.80. The molecule has 1 saturated heterocycles. The van der Waals surface area contributed by atoms with Crippen LogP contribution < -0.4 is 5.73 Å². The summed E-state index contributed by atoms with van der Waals surface area (Å²) in [6, 6.07) is 0. The van der Waals surface area contributed by atoms with Gasteiger partial charge in [0.2, 0.25) is 0 Å². The number of hydrogen-bond donors (Lipinski definition) is 1. The summed E-state index contributed by atoms with van der Waals surface area (Å²) >= 11 is 0. The zero-order valence-corrected chi connectivity index (χ0v) is 12.2. The third kappa shape index (κ3) is 5.87. The van der Waals surface area contributed by atoms with E-state index < -0.39 is 0 Å². The molecule has 1 unspecified atom stereocenters. The highest BCUT2D eigenvalue weighted by atomic mass is 15.1. The number of hydrogen-bond acceptors (Lipinski definition) is 2. The van der Waals surface area contributed by atoms with Gasteiger partial charge in [0.25, 0.3) is 0 Å². The lowest BCUT2D eigenvalue weighted by Gasteiger charge is -2.27. The van der Waals surface area contributed by atoms with Crippen molar-refractivity contribution >= 4 is 0 Å². The molecule has 2 heteroatoms. The molecule has 1 aliphatic heterocycles. The van der Waals surface area contributed by atoms with Crippen LogP contribution in [-0.2, 0) is 0 Å². The molecule has 1 rings (SSSR count). The summed E-state index contributed by atoms with van der Waals surface area (Å²) in [5.74, 6) is 0.903. The Morgan fingerprint density at radius 1 is 1.06 bits per heavy atom. The van der Waals surface area contributed by atoms with E-state index in [9.17, 15) is 0 Å². The summed E-state index contributed by atoms with van der Waals surface area (Å²) < 4.78 is 0. The molecule has 0 aliphatic carbocycles. The van der Waals surface area contributed by atoms with Crippen LogP contribution in [0.5, 0.6) is 0 Å². The fourth-order valence-electron chi connectivity index (χ4n) is 2.75. The second kappa shape index (κ2) is 7.38. The standard InChI is InChI=1S/C15H32N2/c1-15(2,3)14-9-12-17(13-14)11-8-6-4-5-7-10-16/h14H,4-13,16H2,1-3H3. The van der Waals surface area contributed by atoms with E-state index in [-0.39, 0.29) is 0 Å². The molecule has 2 N–H and O–H groups in total. The van der Waals surface area contributed by atoms with Crippen LogP contribution in [0.1, 0.15) is 59.3 Å². The predicted octanol–water partition coefficient (Wildman–Crippen LogP) is 3.26. The van der Waals surface area contributed by atoms with Gasteiger partial charge in [0, 0.05) is 6.54 Å². The molecule has 17 heavy (non-hydrogen) atoms. The normalized spacial score (nSPS) is 22.2. The van der Waals surface area contributed by atoms with Crippen LogP contribution in [0.15, 0.2) is 0 Å². The van der Waals surface area contributed by atoms with Crippen molar-refractivity contribution in [2.24, 2.45) is 17.1 Å². The maximum absolute atomic E-state index is 5.49. The van der Waals surface area contributed by atoms with Gasteiger partial charge in [-0.2, -0.15) is 0 Å².